The van der Waals surface area contributed by atoms with Crippen molar-refractivity contribution >= 4 is 27.3 Å². The van der Waals surface area contributed by atoms with Crippen molar-refractivity contribution in [1.29, 1.82) is 0 Å². The molecule has 0 bridgehead atoms. The van der Waals surface area contributed by atoms with Gasteiger partial charge < -0.3 is 0 Å². The van der Waals surface area contributed by atoms with E-state index < -0.39 is 21.4 Å². The summed E-state index contributed by atoms with van der Waals surface area (Å²) in [5.41, 5.74) is 5.23. The van der Waals surface area contributed by atoms with Gasteiger partial charge in [-0.15, -0.1) is 0 Å². The van der Waals surface area contributed by atoms with Crippen LogP contribution < -0.4 is 10.9 Å². The fraction of sp³-hybridized carbons (Fsp3) is 0.429. The van der Waals surface area contributed by atoms with Gasteiger partial charge >= 0.3 is 216 Å². The first-order valence-electron chi connectivity index (χ1n) is 12.6. The normalized spacial score (nSPS) is 17.0. The average Bonchev–Trinajstić information content (AvgIpc) is 3.23. The molecular weight excluding hydrogens is 544 g/mol. The standard InChI is InChI=1S/C25H28FN3O2.C3H7.In/c1-16-12-18(3)28-25(31)23(16)14-27-24(30)19(4)17(2)15-29-10-8-20(9-11-29)21-6-5-7-22(26)13-21;1-3-2;/h2,4-7,12-13,20H,8-11,14-15H2,1,3H3,(H,27,30)(H,28,31);3H,1-2H3;. The summed E-state index contributed by atoms with van der Waals surface area (Å²) in [5.74, 6) is 0.137. The first-order valence-corrected chi connectivity index (χ1v) is 18.3. The van der Waals surface area contributed by atoms with Gasteiger partial charge in [-0.2, -0.15) is 0 Å². The molecule has 3 heterocycles. The first kappa shape index (κ1) is 26.0. The van der Waals surface area contributed by atoms with Gasteiger partial charge in [0.1, 0.15) is 0 Å². The maximum atomic E-state index is 13.6. The molecular formula is C28H35FInN3O2. The molecule has 1 amide bonds. The Kier molecular flexibility index (Phi) is 8.38. The molecule has 184 valence electrons. The van der Waals surface area contributed by atoms with Crippen LogP contribution in [0.4, 0.5) is 4.39 Å². The van der Waals surface area contributed by atoms with Crippen LogP contribution in [0.15, 0.2) is 53.9 Å². The molecule has 2 aromatic rings. The van der Waals surface area contributed by atoms with Crippen molar-refractivity contribution in [3.63, 3.8) is 0 Å². The zero-order valence-corrected chi connectivity index (χ0v) is 24.5. The minimum absolute atomic E-state index is 0.0786. The number of likely N-dealkylation sites (tertiary alicyclic amines) is 1. The third-order valence-electron chi connectivity index (χ3n) is 7.33. The van der Waals surface area contributed by atoms with Crippen LogP contribution in [-0.2, 0) is 11.3 Å². The number of carbonyl (C=O) groups is 1. The summed E-state index contributed by atoms with van der Waals surface area (Å²) in [6.07, 6.45) is 1.99. The number of pyridine rings is 1. The molecule has 2 aliphatic rings. The van der Waals surface area contributed by atoms with E-state index in [1.807, 2.05) is 26.0 Å². The number of H-pyrrole nitrogens is 1. The van der Waals surface area contributed by atoms with E-state index in [9.17, 15) is 14.0 Å². The molecule has 0 atom stereocenters. The van der Waals surface area contributed by atoms with Crippen molar-refractivity contribution in [1.82, 2.24) is 15.2 Å². The topological polar surface area (TPSA) is 65.2 Å². The van der Waals surface area contributed by atoms with Gasteiger partial charge in [0.15, 0.2) is 0 Å². The first-order chi connectivity index (χ1) is 16.7. The third-order valence-corrected chi connectivity index (χ3v) is 16.0. The van der Waals surface area contributed by atoms with Crippen LogP contribution in [0.5, 0.6) is 0 Å². The molecule has 35 heavy (non-hydrogen) atoms. The Morgan fingerprint density at radius 1 is 1.20 bits per heavy atom. The predicted molar refractivity (Wildman–Crippen MR) is 140 cm³/mol. The van der Waals surface area contributed by atoms with Gasteiger partial charge in [-0.05, 0) is 0 Å². The molecule has 0 aliphatic carbocycles. The molecule has 4 rings (SSSR count). The second-order valence-electron chi connectivity index (χ2n) is 10.3. The Hall–Kier alpha value is -2.12. The number of aromatic amines is 1. The number of aromatic nitrogens is 1. The Morgan fingerprint density at radius 3 is 2.60 bits per heavy atom. The molecule has 0 unspecified atom stereocenters. The van der Waals surface area contributed by atoms with Crippen molar-refractivity contribution < 1.29 is 9.18 Å². The van der Waals surface area contributed by atoms with Crippen molar-refractivity contribution in [2.24, 2.45) is 0 Å². The molecule has 0 saturated carbocycles. The van der Waals surface area contributed by atoms with E-state index in [2.05, 4.69) is 36.7 Å². The Bertz CT molecular complexity index is 1210. The summed E-state index contributed by atoms with van der Waals surface area (Å²) in [7, 11) is 0. The minimum atomic E-state index is -2.10. The monoisotopic (exact) mass is 579 g/mol. The summed E-state index contributed by atoms with van der Waals surface area (Å²) in [5, 5.41) is 3.01. The summed E-state index contributed by atoms with van der Waals surface area (Å²) >= 11 is -2.10. The number of nitrogens with one attached hydrogen (secondary N) is 2. The molecule has 0 spiro atoms. The van der Waals surface area contributed by atoms with E-state index >= 15 is 0 Å². The van der Waals surface area contributed by atoms with Crippen LogP contribution >= 0.6 is 0 Å². The fourth-order valence-electron chi connectivity index (χ4n) is 5.20. The zero-order valence-electron chi connectivity index (χ0n) is 21.2. The van der Waals surface area contributed by atoms with E-state index in [1.165, 1.54) is 6.07 Å². The maximum absolute atomic E-state index is 13.6. The number of aryl methyl sites for hydroxylation is 2. The number of nitrogens with zero attached hydrogens (tertiary/aromatic N) is 1. The van der Waals surface area contributed by atoms with Gasteiger partial charge in [-0.3, -0.25) is 0 Å². The summed E-state index contributed by atoms with van der Waals surface area (Å²) in [6.45, 7) is 11.2. The molecule has 7 heteroatoms. The van der Waals surface area contributed by atoms with Crippen molar-refractivity contribution in [2.75, 3.05) is 19.6 Å². The zero-order chi connectivity index (χ0) is 25.1. The summed E-state index contributed by atoms with van der Waals surface area (Å²) < 4.78 is 19.0. The Balaban J connectivity index is 1.40. The second-order valence-corrected chi connectivity index (χ2v) is 19.3. The average molecular weight is 579 g/mol. The van der Waals surface area contributed by atoms with Crippen LogP contribution in [0.25, 0.3) is 0 Å². The van der Waals surface area contributed by atoms with Crippen LogP contribution in [0.3, 0.4) is 0 Å². The van der Waals surface area contributed by atoms with Gasteiger partial charge in [0.05, 0.1) is 0 Å². The SMILES string of the molecule is Cc1cc(C)c(CNC(=O)C2=[CH][In]([CH](C)C)[CH]=C2CN2CCC(c3cccc(F)c3)CC2)c(=O)[nH]1. The van der Waals surface area contributed by atoms with Crippen molar-refractivity contribution in [3.8, 4) is 0 Å². The van der Waals surface area contributed by atoms with Crippen LogP contribution in [-0.4, -0.2) is 56.9 Å². The van der Waals surface area contributed by atoms with Gasteiger partial charge in [0, 0.05) is 0 Å². The predicted octanol–water partition coefficient (Wildman–Crippen LogP) is 4.48. The second kappa shape index (κ2) is 11.3. The number of hydrogen-bond acceptors (Lipinski definition) is 3. The fourth-order valence-corrected chi connectivity index (χ4v) is 12.0. The summed E-state index contributed by atoms with van der Waals surface area (Å²) in [6, 6.07) is 8.91. The number of benzene rings is 1. The molecule has 1 fully saturated rings. The number of carbonyl (C=O) groups excluding carboxylic acids is 1. The number of piperidine rings is 1. The molecule has 0 radical (unpaired) electrons. The molecule has 2 N–H and O–H groups in total. The molecule has 2 aliphatic heterocycles. The van der Waals surface area contributed by atoms with Gasteiger partial charge in [-0.1, -0.05) is 0 Å². The number of rotatable bonds is 7. The van der Waals surface area contributed by atoms with Crippen LogP contribution in [0.2, 0.25) is 3.67 Å². The number of hydrogen-bond donors (Lipinski definition) is 2. The molecule has 1 aromatic carbocycles. The Labute approximate surface area is 215 Å². The number of halogens is 1. The van der Waals surface area contributed by atoms with E-state index in [1.54, 1.807) is 12.1 Å². The van der Waals surface area contributed by atoms with Gasteiger partial charge in [0.25, 0.3) is 0 Å². The van der Waals surface area contributed by atoms with E-state index in [4.69, 9.17) is 0 Å². The van der Waals surface area contributed by atoms with Crippen LogP contribution in [0, 0.1) is 19.7 Å². The van der Waals surface area contributed by atoms with Gasteiger partial charge in [-0.25, -0.2) is 0 Å². The molecule has 5 nitrogen and oxygen atoms in total. The molecule has 1 saturated heterocycles. The van der Waals surface area contributed by atoms with Gasteiger partial charge in [0.2, 0.25) is 0 Å². The third kappa shape index (κ3) is 6.36. The van der Waals surface area contributed by atoms with E-state index in [0.717, 1.165) is 60.4 Å². The molecule has 1 aromatic heterocycles. The van der Waals surface area contributed by atoms with Crippen molar-refractivity contribution in [3.05, 3.63) is 87.7 Å². The van der Waals surface area contributed by atoms with E-state index in [-0.39, 0.29) is 23.8 Å². The quantitative estimate of drug-likeness (QED) is 0.509. The van der Waals surface area contributed by atoms with E-state index in [0.29, 0.717) is 15.2 Å². The Morgan fingerprint density at radius 2 is 1.94 bits per heavy atom. The van der Waals surface area contributed by atoms with Crippen LogP contribution in [0.1, 0.15) is 55.0 Å². The summed E-state index contributed by atoms with van der Waals surface area (Å²) in [4.78, 5) is 30.9. The number of amides is 1. The van der Waals surface area contributed by atoms with Crippen molar-refractivity contribution in [2.45, 2.75) is 56.7 Å².